The highest BCUT2D eigenvalue weighted by molar-refractivity contribution is 5.86. The molecule has 2 heterocycles. The van der Waals surface area contributed by atoms with E-state index in [1.54, 1.807) is 24.3 Å². The highest BCUT2D eigenvalue weighted by atomic mass is 16.5. The van der Waals surface area contributed by atoms with Crippen molar-refractivity contribution in [2.75, 3.05) is 33.0 Å². The number of allylic oxidation sites excluding steroid dienone is 1. The molecule has 0 radical (unpaired) electrons. The van der Waals surface area contributed by atoms with E-state index in [0.717, 1.165) is 30.3 Å². The van der Waals surface area contributed by atoms with Crippen LogP contribution in [0.4, 0.5) is 5.82 Å². The second-order valence-corrected chi connectivity index (χ2v) is 8.94. The quantitative estimate of drug-likeness (QED) is 0.282. The minimum atomic E-state index is 0.0185. The first-order valence-electron chi connectivity index (χ1n) is 13.7. The molecule has 0 unspecified atom stereocenters. The van der Waals surface area contributed by atoms with E-state index in [9.17, 15) is 9.90 Å². The normalized spacial score (nSPS) is 13.9. The van der Waals surface area contributed by atoms with Gasteiger partial charge in [0, 0.05) is 36.2 Å². The fourth-order valence-corrected chi connectivity index (χ4v) is 3.00. The summed E-state index contributed by atoms with van der Waals surface area (Å²) >= 11 is 0. The topological polar surface area (TPSA) is 126 Å². The van der Waals surface area contributed by atoms with Crippen LogP contribution < -0.4 is 16.8 Å². The first-order chi connectivity index (χ1) is 18.2. The lowest BCUT2D eigenvalue weighted by atomic mass is 9.88. The Balaban J connectivity index is 0. The van der Waals surface area contributed by atoms with E-state index in [2.05, 4.69) is 23.8 Å². The molecule has 38 heavy (non-hydrogen) atoms. The highest BCUT2D eigenvalue weighted by Crippen LogP contribution is 2.26. The van der Waals surface area contributed by atoms with Gasteiger partial charge < -0.3 is 31.6 Å². The summed E-state index contributed by atoms with van der Waals surface area (Å²) in [5, 5.41) is 12.4. The molecule has 1 aliphatic carbocycles. The summed E-state index contributed by atoms with van der Waals surface area (Å²) in [5.41, 5.74) is 14.7. The fourth-order valence-electron chi connectivity index (χ4n) is 3.00. The van der Waals surface area contributed by atoms with E-state index in [0.29, 0.717) is 17.1 Å². The second kappa shape index (κ2) is 24.3. The number of aryl methyl sites for hydroxylation is 1. The smallest absolute Gasteiger partial charge is 0.152 e. The van der Waals surface area contributed by atoms with Crippen molar-refractivity contribution in [3.05, 3.63) is 59.8 Å². The van der Waals surface area contributed by atoms with Gasteiger partial charge in [-0.15, -0.1) is 0 Å². The van der Waals surface area contributed by atoms with Crippen LogP contribution in [0.1, 0.15) is 82.9 Å². The first kappa shape index (κ1) is 37.1. The Labute approximate surface area is 231 Å². The molecular formula is C31H54N4O3. The van der Waals surface area contributed by atoms with Crippen LogP contribution in [-0.2, 0) is 9.53 Å². The van der Waals surface area contributed by atoms with Gasteiger partial charge in [0.05, 0.1) is 0 Å². The molecule has 1 aliphatic heterocycles. The number of phenols is 1. The summed E-state index contributed by atoms with van der Waals surface area (Å²) in [6.07, 6.45) is 13.2. The number of nitrogens with one attached hydrogen (secondary N) is 2. The van der Waals surface area contributed by atoms with Gasteiger partial charge in [-0.25, -0.2) is 0 Å². The number of aromatic nitrogens is 1. The SMILES string of the molecule is C1CCOCC1.C=CC(C)=O.CC.CC1CCC1.CNC.Cc1c[nH]c(N)c1/C=C(\N)c1ccccc1O. The summed E-state index contributed by atoms with van der Waals surface area (Å²) < 4.78 is 5.07. The number of hydrogen-bond donors (Lipinski definition) is 5. The van der Waals surface area contributed by atoms with Crippen LogP contribution >= 0.6 is 0 Å². The van der Waals surface area contributed by atoms with E-state index in [4.69, 9.17) is 16.2 Å². The fraction of sp³-hybridized carbons (Fsp3) is 0.516. The summed E-state index contributed by atoms with van der Waals surface area (Å²) in [6.45, 7) is 14.9. The number of phenolic OH excluding ortho intramolecular Hbond substituents is 1. The lowest BCUT2D eigenvalue weighted by Gasteiger charge is -2.18. The Morgan fingerprint density at radius 2 is 1.63 bits per heavy atom. The molecule has 7 nitrogen and oxygen atoms in total. The number of carbonyl (C=O) groups excluding carboxylic acids is 1. The van der Waals surface area contributed by atoms with Gasteiger partial charge >= 0.3 is 0 Å². The molecule has 7 N–H and O–H groups in total. The van der Waals surface area contributed by atoms with Crippen molar-refractivity contribution in [3.8, 4) is 5.75 Å². The third kappa shape index (κ3) is 18.3. The largest absolute Gasteiger partial charge is 0.507 e. The van der Waals surface area contributed by atoms with E-state index < -0.39 is 0 Å². The van der Waals surface area contributed by atoms with Gasteiger partial charge in [0.15, 0.2) is 5.78 Å². The maximum atomic E-state index is 9.69. The van der Waals surface area contributed by atoms with Crippen LogP contribution in [0.5, 0.6) is 5.75 Å². The van der Waals surface area contributed by atoms with Crippen molar-refractivity contribution in [3.63, 3.8) is 0 Å². The zero-order valence-corrected chi connectivity index (χ0v) is 24.9. The molecule has 1 saturated carbocycles. The maximum Gasteiger partial charge on any atom is 0.152 e. The standard InChI is InChI=1S/C13H15N3O.C5H10O.C5H10.C4H6O.C2H7N.C2H6/c1-8-7-16-13(15)10(8)6-11(14)9-4-2-3-5-12(9)17;1-2-4-6-5-3-1;1-5-3-2-4-5;1-3-4(2)5;1-3-2;1-2/h2-7,16-17H,14-15H2,1H3;1-5H2;5H,2-4H2,1H3;3H,1H2,2H3;3H,1-2H3;1-2H3/b11-6-;;;;;. The molecule has 7 heteroatoms. The Bertz CT molecular complexity index is 867. The Kier molecular flexibility index (Phi) is 23.8. The van der Waals surface area contributed by atoms with Gasteiger partial charge in [0.25, 0.3) is 0 Å². The molecule has 2 aromatic rings. The van der Waals surface area contributed by atoms with Crippen molar-refractivity contribution >= 4 is 23.4 Å². The number of para-hydroxylation sites is 1. The van der Waals surface area contributed by atoms with E-state index >= 15 is 0 Å². The lowest BCUT2D eigenvalue weighted by molar-refractivity contribution is -0.112. The minimum absolute atomic E-state index is 0.0185. The van der Waals surface area contributed by atoms with E-state index in [1.807, 2.05) is 47.1 Å². The molecule has 1 saturated heterocycles. The van der Waals surface area contributed by atoms with Gasteiger partial charge in [-0.3, -0.25) is 4.79 Å². The minimum Gasteiger partial charge on any atom is -0.507 e. The Hall–Kier alpha value is -3.03. The summed E-state index contributed by atoms with van der Waals surface area (Å²) in [6, 6.07) is 6.94. The van der Waals surface area contributed by atoms with Crippen molar-refractivity contribution in [1.82, 2.24) is 10.3 Å². The summed E-state index contributed by atoms with van der Waals surface area (Å²) in [5.74, 6) is 1.81. The predicted molar refractivity (Wildman–Crippen MR) is 165 cm³/mol. The zero-order chi connectivity index (χ0) is 29.3. The number of hydrogen-bond acceptors (Lipinski definition) is 6. The highest BCUT2D eigenvalue weighted by Gasteiger charge is 2.09. The average molecular weight is 531 g/mol. The molecule has 0 spiro atoms. The number of rotatable bonds is 3. The van der Waals surface area contributed by atoms with Crippen molar-refractivity contribution in [2.45, 2.75) is 73.1 Å². The van der Waals surface area contributed by atoms with Crippen LogP contribution in [0.3, 0.4) is 0 Å². The van der Waals surface area contributed by atoms with Crippen LogP contribution in [0.25, 0.3) is 11.8 Å². The number of nitrogen functional groups attached to an aromatic ring is 1. The number of anilines is 1. The third-order valence-electron chi connectivity index (χ3n) is 5.43. The molecule has 0 atom stereocenters. The third-order valence-corrected chi connectivity index (χ3v) is 5.43. The van der Waals surface area contributed by atoms with Crippen LogP contribution in [0, 0.1) is 12.8 Å². The van der Waals surface area contributed by atoms with Gasteiger partial charge in [0.1, 0.15) is 11.6 Å². The summed E-state index contributed by atoms with van der Waals surface area (Å²) in [7, 11) is 3.75. The maximum absolute atomic E-state index is 9.69. The molecule has 0 bridgehead atoms. The number of benzene rings is 1. The number of aromatic hydroxyl groups is 1. The second-order valence-electron chi connectivity index (χ2n) is 8.94. The van der Waals surface area contributed by atoms with Gasteiger partial charge in [-0.2, -0.15) is 0 Å². The molecule has 216 valence electrons. The Morgan fingerprint density at radius 3 is 1.92 bits per heavy atom. The molecule has 2 fully saturated rings. The zero-order valence-electron chi connectivity index (χ0n) is 24.9. The lowest BCUT2D eigenvalue weighted by Crippen LogP contribution is -2.04. The number of aromatic amines is 1. The predicted octanol–water partition coefficient (Wildman–Crippen LogP) is 6.68. The van der Waals surface area contributed by atoms with Crippen molar-refractivity contribution in [2.24, 2.45) is 11.7 Å². The van der Waals surface area contributed by atoms with Gasteiger partial charge in [-0.1, -0.05) is 58.7 Å². The van der Waals surface area contributed by atoms with Crippen LogP contribution in [0.15, 0.2) is 43.1 Å². The average Bonchev–Trinajstić information content (AvgIpc) is 3.23. The molecule has 0 amide bonds. The number of carbonyl (C=O) groups is 1. The summed E-state index contributed by atoms with van der Waals surface area (Å²) in [4.78, 5) is 12.6. The molecule has 4 rings (SSSR count). The monoisotopic (exact) mass is 530 g/mol. The van der Waals surface area contributed by atoms with Crippen LogP contribution in [-0.4, -0.2) is 43.2 Å². The van der Waals surface area contributed by atoms with Crippen molar-refractivity contribution < 1.29 is 14.6 Å². The van der Waals surface area contributed by atoms with E-state index in [1.165, 1.54) is 51.5 Å². The first-order valence-corrected chi connectivity index (χ1v) is 13.7. The van der Waals surface area contributed by atoms with Gasteiger partial charge in [0.2, 0.25) is 0 Å². The Morgan fingerprint density at radius 1 is 1.13 bits per heavy atom. The number of ether oxygens (including phenoxy) is 1. The molecule has 1 aromatic heterocycles. The number of H-pyrrole nitrogens is 1. The number of nitrogens with two attached hydrogens (primary N) is 2. The van der Waals surface area contributed by atoms with Crippen LogP contribution in [0.2, 0.25) is 0 Å². The molecular weight excluding hydrogens is 476 g/mol. The molecule has 2 aliphatic rings. The van der Waals surface area contributed by atoms with Crippen molar-refractivity contribution in [1.29, 1.82) is 0 Å². The number of ketones is 1. The van der Waals surface area contributed by atoms with Gasteiger partial charge in [-0.05, 0) is 83.0 Å². The van der Waals surface area contributed by atoms with E-state index in [-0.39, 0.29) is 11.5 Å². The molecule has 1 aromatic carbocycles.